The van der Waals surface area contributed by atoms with Gasteiger partial charge in [-0.2, -0.15) is 0 Å². The number of aliphatic hydroxyl groups excluding tert-OH is 1. The average Bonchev–Trinajstić information content (AvgIpc) is 3.07. The molecule has 1 amide bonds. The Bertz CT molecular complexity index is 573. The number of aromatic nitrogens is 1. The van der Waals surface area contributed by atoms with Gasteiger partial charge in [-0.3, -0.25) is 4.79 Å². The van der Waals surface area contributed by atoms with Crippen molar-refractivity contribution in [2.45, 2.75) is 39.7 Å². The quantitative estimate of drug-likeness (QED) is 0.879. The summed E-state index contributed by atoms with van der Waals surface area (Å²) in [5, 5.41) is 12.0. The standard InChI is InChI=1S/C16H22N2O2S/c1-11(2)18(7-4-8-19)16(20)14-6-5-13(9-14)15-10-21-12(3)17-15/h5,9-11,19H,4,6-8H2,1-3H3. The van der Waals surface area contributed by atoms with Gasteiger partial charge in [-0.05, 0) is 45.3 Å². The molecule has 1 aliphatic rings. The molecule has 114 valence electrons. The van der Waals surface area contributed by atoms with E-state index in [0.29, 0.717) is 19.4 Å². The summed E-state index contributed by atoms with van der Waals surface area (Å²) >= 11 is 1.62. The molecule has 0 unspecified atom stereocenters. The minimum Gasteiger partial charge on any atom is -0.396 e. The summed E-state index contributed by atoms with van der Waals surface area (Å²) in [4.78, 5) is 18.9. The Labute approximate surface area is 129 Å². The topological polar surface area (TPSA) is 53.4 Å². The van der Waals surface area contributed by atoms with Crippen LogP contribution in [0.2, 0.25) is 0 Å². The van der Waals surface area contributed by atoms with E-state index in [9.17, 15) is 4.79 Å². The fraction of sp³-hybridized carbons (Fsp3) is 0.500. The Morgan fingerprint density at radius 2 is 2.29 bits per heavy atom. The molecule has 1 aromatic rings. The monoisotopic (exact) mass is 306 g/mol. The second kappa shape index (κ2) is 7.00. The third kappa shape index (κ3) is 3.80. The zero-order valence-electron chi connectivity index (χ0n) is 12.8. The molecule has 0 fully saturated rings. The number of amides is 1. The second-order valence-electron chi connectivity index (χ2n) is 5.45. The highest BCUT2D eigenvalue weighted by Gasteiger charge is 2.23. The van der Waals surface area contributed by atoms with Crippen LogP contribution in [0, 0.1) is 6.92 Å². The lowest BCUT2D eigenvalue weighted by Gasteiger charge is -2.27. The predicted molar refractivity (Wildman–Crippen MR) is 86.1 cm³/mol. The van der Waals surface area contributed by atoms with Gasteiger partial charge in [0.05, 0.1) is 10.7 Å². The molecule has 0 spiro atoms. The lowest BCUT2D eigenvalue weighted by molar-refractivity contribution is -0.129. The maximum absolute atomic E-state index is 12.6. The molecule has 1 N–H and O–H groups in total. The van der Waals surface area contributed by atoms with Gasteiger partial charge in [0.1, 0.15) is 0 Å². The van der Waals surface area contributed by atoms with Gasteiger partial charge >= 0.3 is 0 Å². The molecule has 0 radical (unpaired) electrons. The van der Waals surface area contributed by atoms with E-state index in [0.717, 1.165) is 21.8 Å². The Morgan fingerprint density at radius 3 is 2.86 bits per heavy atom. The summed E-state index contributed by atoms with van der Waals surface area (Å²) in [6, 6.07) is 0.135. The molecule has 21 heavy (non-hydrogen) atoms. The van der Waals surface area contributed by atoms with Crippen molar-refractivity contribution in [1.29, 1.82) is 0 Å². The first kappa shape index (κ1) is 15.9. The number of allylic oxidation sites excluding steroid dienone is 3. The summed E-state index contributed by atoms with van der Waals surface area (Å²) in [6.07, 6.45) is 5.29. The normalized spacial score (nSPS) is 14.3. The molecule has 0 aromatic carbocycles. The van der Waals surface area contributed by atoms with E-state index in [2.05, 4.69) is 11.1 Å². The minimum atomic E-state index is 0.0663. The van der Waals surface area contributed by atoms with Crippen molar-refractivity contribution in [3.63, 3.8) is 0 Å². The van der Waals surface area contributed by atoms with Crippen LogP contribution in [-0.2, 0) is 4.79 Å². The zero-order valence-corrected chi connectivity index (χ0v) is 13.6. The van der Waals surface area contributed by atoms with Gasteiger partial charge in [-0.25, -0.2) is 4.98 Å². The fourth-order valence-corrected chi connectivity index (χ4v) is 2.99. The largest absolute Gasteiger partial charge is 0.396 e. The molecular formula is C16H22N2O2S. The number of aryl methyl sites for hydroxylation is 1. The van der Waals surface area contributed by atoms with Gasteiger partial charge in [-0.15, -0.1) is 11.3 Å². The van der Waals surface area contributed by atoms with Crippen molar-refractivity contribution in [2.24, 2.45) is 0 Å². The summed E-state index contributed by atoms with van der Waals surface area (Å²) in [6.45, 7) is 6.69. The van der Waals surface area contributed by atoms with Gasteiger partial charge in [0, 0.05) is 30.1 Å². The molecule has 1 heterocycles. The van der Waals surface area contributed by atoms with Crippen LogP contribution in [0.3, 0.4) is 0 Å². The van der Waals surface area contributed by atoms with Crippen molar-refractivity contribution >= 4 is 22.8 Å². The first-order valence-corrected chi connectivity index (χ1v) is 8.16. The van der Waals surface area contributed by atoms with Gasteiger partial charge in [-0.1, -0.05) is 6.08 Å². The number of nitrogens with zero attached hydrogens (tertiary/aromatic N) is 2. The van der Waals surface area contributed by atoms with Crippen molar-refractivity contribution in [3.8, 4) is 0 Å². The summed E-state index contributed by atoms with van der Waals surface area (Å²) < 4.78 is 0. The molecule has 1 aromatic heterocycles. The fourth-order valence-electron chi connectivity index (χ4n) is 2.37. The smallest absolute Gasteiger partial charge is 0.250 e. The molecule has 0 atom stereocenters. The zero-order chi connectivity index (χ0) is 15.4. The van der Waals surface area contributed by atoms with Crippen molar-refractivity contribution in [2.75, 3.05) is 13.2 Å². The molecule has 0 saturated carbocycles. The minimum absolute atomic E-state index is 0.0663. The van der Waals surface area contributed by atoms with Crippen LogP contribution >= 0.6 is 11.3 Å². The van der Waals surface area contributed by atoms with E-state index < -0.39 is 0 Å². The second-order valence-corrected chi connectivity index (χ2v) is 6.52. The van der Waals surface area contributed by atoms with Crippen LogP contribution in [-0.4, -0.2) is 40.1 Å². The number of rotatable bonds is 6. The number of thiazole rings is 1. The molecule has 1 aliphatic carbocycles. The lowest BCUT2D eigenvalue weighted by Crippen LogP contribution is -2.38. The Hall–Kier alpha value is -1.46. The summed E-state index contributed by atoms with van der Waals surface area (Å²) in [5.74, 6) is 0.0663. The van der Waals surface area contributed by atoms with Crippen molar-refractivity contribution in [3.05, 3.63) is 33.8 Å². The van der Waals surface area contributed by atoms with E-state index >= 15 is 0 Å². The third-order valence-corrected chi connectivity index (χ3v) is 4.28. The molecule has 5 heteroatoms. The molecule has 0 bridgehead atoms. The molecular weight excluding hydrogens is 284 g/mol. The molecule has 0 saturated heterocycles. The summed E-state index contributed by atoms with van der Waals surface area (Å²) in [5.41, 5.74) is 2.79. The van der Waals surface area contributed by atoms with E-state index in [-0.39, 0.29) is 18.6 Å². The van der Waals surface area contributed by atoms with E-state index in [1.807, 2.05) is 37.1 Å². The SMILES string of the molecule is Cc1nc(C2=CCC(C(=O)N(CCCO)C(C)C)=C2)cs1. The van der Waals surface area contributed by atoms with Crippen LogP contribution in [0.4, 0.5) is 0 Å². The Kier molecular flexibility index (Phi) is 5.31. The Morgan fingerprint density at radius 1 is 1.52 bits per heavy atom. The van der Waals surface area contributed by atoms with Gasteiger partial charge in [0.25, 0.3) is 0 Å². The van der Waals surface area contributed by atoms with Crippen LogP contribution in [0.5, 0.6) is 0 Å². The van der Waals surface area contributed by atoms with Crippen LogP contribution in [0.15, 0.2) is 23.1 Å². The summed E-state index contributed by atoms with van der Waals surface area (Å²) in [7, 11) is 0. The number of hydrogen-bond acceptors (Lipinski definition) is 4. The number of carbonyl (C=O) groups is 1. The average molecular weight is 306 g/mol. The van der Waals surface area contributed by atoms with Crippen LogP contribution in [0.25, 0.3) is 5.57 Å². The Balaban J connectivity index is 2.10. The van der Waals surface area contributed by atoms with E-state index in [1.54, 1.807) is 11.3 Å². The highest BCUT2D eigenvalue weighted by molar-refractivity contribution is 7.09. The predicted octanol–water partition coefficient (Wildman–Crippen LogP) is 2.78. The van der Waals surface area contributed by atoms with Crippen LogP contribution in [0.1, 0.15) is 37.4 Å². The van der Waals surface area contributed by atoms with E-state index in [1.165, 1.54) is 0 Å². The maximum atomic E-state index is 12.6. The first-order valence-electron chi connectivity index (χ1n) is 7.28. The first-order chi connectivity index (χ1) is 10.0. The number of hydrogen-bond donors (Lipinski definition) is 1. The molecule has 4 nitrogen and oxygen atoms in total. The highest BCUT2D eigenvalue weighted by atomic mass is 32.1. The molecule has 0 aliphatic heterocycles. The third-order valence-electron chi connectivity index (χ3n) is 3.50. The number of aliphatic hydroxyl groups is 1. The van der Waals surface area contributed by atoms with Gasteiger partial charge in [0.15, 0.2) is 0 Å². The van der Waals surface area contributed by atoms with Gasteiger partial charge < -0.3 is 10.0 Å². The van der Waals surface area contributed by atoms with Crippen molar-refractivity contribution in [1.82, 2.24) is 9.88 Å². The van der Waals surface area contributed by atoms with Gasteiger partial charge in [0.2, 0.25) is 5.91 Å². The van der Waals surface area contributed by atoms with Crippen molar-refractivity contribution < 1.29 is 9.90 Å². The maximum Gasteiger partial charge on any atom is 0.250 e. The van der Waals surface area contributed by atoms with E-state index in [4.69, 9.17) is 5.11 Å². The highest BCUT2D eigenvalue weighted by Crippen LogP contribution is 2.28. The van der Waals surface area contributed by atoms with Crippen LogP contribution < -0.4 is 0 Å². The molecule has 2 rings (SSSR count). The lowest BCUT2D eigenvalue weighted by atomic mass is 10.1. The number of carbonyl (C=O) groups excluding carboxylic acids is 1.